The fraction of sp³-hybridized carbons (Fsp3) is 0.368. The Labute approximate surface area is 166 Å². The van der Waals surface area contributed by atoms with E-state index in [1.54, 1.807) is 11.9 Å². The summed E-state index contributed by atoms with van der Waals surface area (Å²) in [6.07, 6.45) is 0. The van der Waals surface area contributed by atoms with Gasteiger partial charge >= 0.3 is 0 Å². The topological polar surface area (TPSA) is 81.9 Å². The SMILES string of the molecule is Cc1cc(C)n2c(SCC(=O)N(C)Cc3ccc4c(c3)OCCO4)nnc2n1. The van der Waals surface area contributed by atoms with E-state index in [9.17, 15) is 4.79 Å². The van der Waals surface area contributed by atoms with Crippen molar-refractivity contribution in [1.29, 1.82) is 0 Å². The zero-order valence-corrected chi connectivity index (χ0v) is 16.8. The minimum Gasteiger partial charge on any atom is -0.486 e. The molecule has 0 atom stereocenters. The van der Waals surface area contributed by atoms with E-state index in [4.69, 9.17) is 9.47 Å². The van der Waals surface area contributed by atoms with Crippen LogP contribution < -0.4 is 9.47 Å². The molecule has 2 aromatic heterocycles. The average Bonchev–Trinajstić information content (AvgIpc) is 3.09. The minimum absolute atomic E-state index is 0.00867. The molecule has 0 saturated carbocycles. The molecule has 0 spiro atoms. The molecule has 3 aromatic rings. The van der Waals surface area contributed by atoms with Crippen LogP contribution in [0.4, 0.5) is 0 Å². The number of amides is 1. The van der Waals surface area contributed by atoms with Gasteiger partial charge in [-0.15, -0.1) is 10.2 Å². The van der Waals surface area contributed by atoms with Crippen molar-refractivity contribution < 1.29 is 14.3 Å². The van der Waals surface area contributed by atoms with Crippen LogP contribution >= 0.6 is 11.8 Å². The highest BCUT2D eigenvalue weighted by Gasteiger charge is 2.16. The second kappa shape index (κ2) is 7.67. The van der Waals surface area contributed by atoms with Crippen molar-refractivity contribution in [3.63, 3.8) is 0 Å². The summed E-state index contributed by atoms with van der Waals surface area (Å²) in [5, 5.41) is 8.94. The van der Waals surface area contributed by atoms with E-state index in [1.807, 2.05) is 42.5 Å². The number of aryl methyl sites for hydroxylation is 2. The van der Waals surface area contributed by atoms with Crippen molar-refractivity contribution in [2.75, 3.05) is 26.0 Å². The number of carbonyl (C=O) groups is 1. The van der Waals surface area contributed by atoms with Gasteiger partial charge in [0.25, 0.3) is 5.78 Å². The Morgan fingerprint density at radius 2 is 1.96 bits per heavy atom. The number of carbonyl (C=O) groups excluding carboxylic acids is 1. The van der Waals surface area contributed by atoms with Gasteiger partial charge in [0.05, 0.1) is 5.75 Å². The third kappa shape index (κ3) is 3.75. The molecule has 0 unspecified atom stereocenters. The fourth-order valence-corrected chi connectivity index (χ4v) is 4.00. The molecule has 0 bridgehead atoms. The Morgan fingerprint density at radius 3 is 2.79 bits per heavy atom. The Hall–Kier alpha value is -2.81. The molecule has 28 heavy (non-hydrogen) atoms. The Kier molecular flexibility index (Phi) is 5.08. The van der Waals surface area contributed by atoms with Gasteiger partial charge in [-0.05, 0) is 37.6 Å². The first kappa shape index (κ1) is 18.5. The summed E-state index contributed by atoms with van der Waals surface area (Å²) >= 11 is 1.36. The molecule has 9 heteroatoms. The molecule has 1 aliphatic rings. The van der Waals surface area contributed by atoms with Gasteiger partial charge in [-0.3, -0.25) is 9.20 Å². The average molecular weight is 399 g/mol. The van der Waals surface area contributed by atoms with Crippen LogP contribution in [0.25, 0.3) is 5.78 Å². The zero-order chi connectivity index (χ0) is 19.7. The van der Waals surface area contributed by atoms with Crippen molar-refractivity contribution in [2.45, 2.75) is 25.5 Å². The Morgan fingerprint density at radius 1 is 1.18 bits per heavy atom. The second-order valence-corrected chi connectivity index (χ2v) is 7.62. The van der Waals surface area contributed by atoms with Crippen molar-refractivity contribution in [3.8, 4) is 11.5 Å². The quantitative estimate of drug-likeness (QED) is 0.609. The van der Waals surface area contributed by atoms with Gasteiger partial charge in [0, 0.05) is 25.0 Å². The first-order valence-electron chi connectivity index (χ1n) is 8.96. The number of benzene rings is 1. The maximum absolute atomic E-state index is 12.6. The van der Waals surface area contributed by atoms with Crippen LogP contribution in [0.1, 0.15) is 17.0 Å². The summed E-state index contributed by atoms with van der Waals surface area (Å²) in [6, 6.07) is 7.73. The summed E-state index contributed by atoms with van der Waals surface area (Å²) in [4.78, 5) is 18.6. The molecule has 1 aliphatic heterocycles. The fourth-order valence-electron chi connectivity index (χ4n) is 3.08. The van der Waals surface area contributed by atoms with Crippen molar-refractivity contribution in [2.24, 2.45) is 0 Å². The maximum Gasteiger partial charge on any atom is 0.256 e. The number of hydrogen-bond donors (Lipinski definition) is 0. The third-order valence-electron chi connectivity index (χ3n) is 4.44. The van der Waals surface area contributed by atoms with Crippen molar-refractivity contribution in [3.05, 3.63) is 41.2 Å². The van der Waals surface area contributed by atoms with E-state index < -0.39 is 0 Å². The monoisotopic (exact) mass is 399 g/mol. The van der Waals surface area contributed by atoms with Crippen LogP contribution in [0.2, 0.25) is 0 Å². The standard InChI is InChI=1S/C19H21N5O3S/c1-12-8-13(2)24-18(20-12)21-22-19(24)28-11-17(25)23(3)10-14-4-5-15-16(9-14)27-7-6-26-15/h4-5,8-9H,6-7,10-11H2,1-3H3. The lowest BCUT2D eigenvalue weighted by Gasteiger charge is -2.21. The first-order chi connectivity index (χ1) is 13.5. The van der Waals surface area contributed by atoms with Gasteiger partial charge in [0.2, 0.25) is 5.91 Å². The van der Waals surface area contributed by atoms with Crippen LogP contribution in [-0.4, -0.2) is 56.4 Å². The van der Waals surface area contributed by atoms with Crippen LogP contribution in [0.3, 0.4) is 0 Å². The van der Waals surface area contributed by atoms with E-state index in [0.29, 0.717) is 30.7 Å². The first-order valence-corrected chi connectivity index (χ1v) is 9.94. The lowest BCUT2D eigenvalue weighted by atomic mass is 10.2. The third-order valence-corrected chi connectivity index (χ3v) is 5.35. The molecule has 8 nitrogen and oxygen atoms in total. The summed E-state index contributed by atoms with van der Waals surface area (Å²) in [5.74, 6) is 2.31. The van der Waals surface area contributed by atoms with Crippen molar-refractivity contribution in [1.82, 2.24) is 24.5 Å². The van der Waals surface area contributed by atoms with Crippen LogP contribution in [0.5, 0.6) is 11.5 Å². The van der Waals surface area contributed by atoms with Gasteiger partial charge in [0.15, 0.2) is 16.7 Å². The van der Waals surface area contributed by atoms with Crippen LogP contribution in [-0.2, 0) is 11.3 Å². The number of aromatic nitrogens is 4. The molecule has 0 N–H and O–H groups in total. The largest absolute Gasteiger partial charge is 0.486 e. The molecule has 146 valence electrons. The predicted octanol–water partition coefficient (Wildman–Crippen LogP) is 2.26. The molecular weight excluding hydrogens is 378 g/mol. The molecule has 0 saturated heterocycles. The summed E-state index contributed by atoms with van der Waals surface area (Å²) < 4.78 is 13.0. The highest BCUT2D eigenvalue weighted by atomic mass is 32.2. The molecule has 3 heterocycles. The zero-order valence-electron chi connectivity index (χ0n) is 16.0. The molecule has 0 radical (unpaired) electrons. The molecule has 1 aromatic carbocycles. The number of rotatable bonds is 5. The summed E-state index contributed by atoms with van der Waals surface area (Å²) in [7, 11) is 1.79. The molecule has 1 amide bonds. The van der Waals surface area contributed by atoms with E-state index in [0.717, 1.165) is 28.5 Å². The lowest BCUT2D eigenvalue weighted by molar-refractivity contribution is -0.127. The highest BCUT2D eigenvalue weighted by molar-refractivity contribution is 7.99. The van der Waals surface area contributed by atoms with Gasteiger partial charge in [0.1, 0.15) is 13.2 Å². The van der Waals surface area contributed by atoms with Crippen LogP contribution in [0, 0.1) is 13.8 Å². The van der Waals surface area contributed by atoms with Crippen molar-refractivity contribution >= 4 is 23.4 Å². The molecule has 0 fully saturated rings. The Bertz CT molecular complexity index is 1040. The molecule has 4 rings (SSSR count). The smallest absolute Gasteiger partial charge is 0.256 e. The Balaban J connectivity index is 1.40. The maximum atomic E-state index is 12.6. The van der Waals surface area contributed by atoms with Gasteiger partial charge in [-0.1, -0.05) is 17.8 Å². The predicted molar refractivity (Wildman–Crippen MR) is 105 cm³/mol. The number of thioether (sulfide) groups is 1. The van der Waals surface area contributed by atoms with Gasteiger partial charge in [-0.2, -0.15) is 0 Å². The molecule has 0 aliphatic carbocycles. The molecular formula is C19H21N5O3S. The van der Waals surface area contributed by atoms with E-state index in [-0.39, 0.29) is 11.7 Å². The normalized spacial score (nSPS) is 13.0. The summed E-state index contributed by atoms with van der Waals surface area (Å²) in [6.45, 7) is 5.50. The van der Waals surface area contributed by atoms with Gasteiger partial charge < -0.3 is 14.4 Å². The van der Waals surface area contributed by atoms with E-state index in [1.165, 1.54) is 11.8 Å². The number of hydrogen-bond acceptors (Lipinski definition) is 7. The second-order valence-electron chi connectivity index (χ2n) is 6.67. The lowest BCUT2D eigenvalue weighted by Crippen LogP contribution is -2.28. The van der Waals surface area contributed by atoms with E-state index >= 15 is 0 Å². The minimum atomic E-state index is 0.00867. The highest BCUT2D eigenvalue weighted by Crippen LogP contribution is 2.31. The van der Waals surface area contributed by atoms with E-state index in [2.05, 4.69) is 15.2 Å². The number of fused-ring (bicyclic) bond motifs is 2. The van der Waals surface area contributed by atoms with Crippen LogP contribution in [0.15, 0.2) is 29.4 Å². The van der Waals surface area contributed by atoms with Gasteiger partial charge in [-0.25, -0.2) is 4.98 Å². The number of ether oxygens (including phenoxy) is 2. The summed E-state index contributed by atoms with van der Waals surface area (Å²) in [5.41, 5.74) is 2.88. The number of nitrogens with zero attached hydrogens (tertiary/aromatic N) is 5.